The highest BCUT2D eigenvalue weighted by molar-refractivity contribution is 5.31. The fraction of sp³-hybridized carbons (Fsp3) is 0.875. The summed E-state index contributed by atoms with van der Waals surface area (Å²) in [5, 5.41) is 7.73. The molecule has 1 aliphatic carbocycles. The van der Waals surface area contributed by atoms with E-state index in [0.29, 0.717) is 0 Å². The van der Waals surface area contributed by atoms with Crippen LogP contribution in [0.15, 0.2) is 0 Å². The second-order valence-electron chi connectivity index (χ2n) is 7.65. The molecule has 1 unspecified atom stereocenters. The Labute approximate surface area is 127 Å². The summed E-state index contributed by atoms with van der Waals surface area (Å²) < 4.78 is 0. The monoisotopic (exact) mass is 291 g/mol. The van der Waals surface area contributed by atoms with E-state index in [9.17, 15) is 0 Å². The second-order valence-corrected chi connectivity index (χ2v) is 7.65. The highest BCUT2D eigenvalue weighted by Gasteiger charge is 2.35. The molecule has 2 heterocycles. The first-order chi connectivity index (χ1) is 10.0. The molecule has 5 heteroatoms. The van der Waals surface area contributed by atoms with E-state index in [1.165, 1.54) is 44.9 Å². The van der Waals surface area contributed by atoms with Crippen molar-refractivity contribution in [3.63, 3.8) is 0 Å². The number of aromatic nitrogens is 3. The molecule has 0 bridgehead atoms. The molecule has 2 aliphatic rings. The molecule has 1 aromatic rings. The number of nitrogens with one attached hydrogen (secondary N) is 1. The number of H-pyrrole nitrogens is 1. The number of hydrogen-bond donors (Lipinski definition) is 2. The predicted octanol–water partition coefficient (Wildman–Crippen LogP) is 2.59. The van der Waals surface area contributed by atoms with Gasteiger partial charge in [-0.05, 0) is 37.6 Å². The van der Waals surface area contributed by atoms with Gasteiger partial charge in [0.2, 0.25) is 5.95 Å². The van der Waals surface area contributed by atoms with E-state index in [-0.39, 0.29) is 10.8 Å². The molecule has 0 amide bonds. The van der Waals surface area contributed by atoms with E-state index in [1.807, 2.05) is 0 Å². The largest absolute Gasteiger partial charge is 0.339 e. The van der Waals surface area contributed by atoms with Crippen LogP contribution in [0.4, 0.5) is 5.95 Å². The molecule has 0 radical (unpaired) electrons. The molecule has 3 N–H and O–H groups in total. The fourth-order valence-electron chi connectivity index (χ4n) is 3.89. The maximum Gasteiger partial charge on any atom is 0.244 e. The number of aromatic amines is 1. The molecule has 1 aromatic heterocycles. The minimum absolute atomic E-state index is 0.191. The van der Waals surface area contributed by atoms with E-state index in [4.69, 9.17) is 10.7 Å². The second kappa shape index (κ2) is 5.59. The van der Waals surface area contributed by atoms with Crippen LogP contribution in [0.25, 0.3) is 0 Å². The highest BCUT2D eigenvalue weighted by Crippen LogP contribution is 2.38. The van der Waals surface area contributed by atoms with Gasteiger partial charge < -0.3 is 10.6 Å². The van der Waals surface area contributed by atoms with Crippen LogP contribution in [-0.4, -0.2) is 34.8 Å². The Kier molecular flexibility index (Phi) is 3.95. The van der Waals surface area contributed by atoms with E-state index in [1.54, 1.807) is 0 Å². The first kappa shape index (κ1) is 14.8. The molecule has 1 saturated heterocycles. The van der Waals surface area contributed by atoms with E-state index in [0.717, 1.165) is 31.4 Å². The summed E-state index contributed by atoms with van der Waals surface area (Å²) in [6, 6.07) is 0. The van der Waals surface area contributed by atoms with Crippen molar-refractivity contribution in [3.05, 3.63) is 5.82 Å². The molecule has 1 saturated carbocycles. The molecule has 3 rings (SSSR count). The first-order valence-corrected chi connectivity index (χ1v) is 8.43. The predicted molar refractivity (Wildman–Crippen MR) is 85.4 cm³/mol. The summed E-state index contributed by atoms with van der Waals surface area (Å²) in [5.74, 6) is 1.95. The van der Waals surface area contributed by atoms with Crippen LogP contribution in [0.5, 0.6) is 0 Å². The summed E-state index contributed by atoms with van der Waals surface area (Å²) in [6.45, 7) is 7.35. The van der Waals surface area contributed by atoms with Gasteiger partial charge in [0.05, 0.1) is 0 Å². The van der Waals surface area contributed by atoms with Gasteiger partial charge in [0.25, 0.3) is 0 Å². The summed E-state index contributed by atoms with van der Waals surface area (Å²) in [4.78, 5) is 7.16. The molecular weight excluding hydrogens is 262 g/mol. The molecule has 0 spiro atoms. The average molecular weight is 291 g/mol. The maximum absolute atomic E-state index is 5.95. The van der Waals surface area contributed by atoms with Gasteiger partial charge in [-0.2, -0.15) is 4.98 Å². The van der Waals surface area contributed by atoms with Crippen LogP contribution >= 0.6 is 0 Å². The third kappa shape index (κ3) is 2.93. The molecule has 0 aromatic carbocycles. The van der Waals surface area contributed by atoms with Crippen molar-refractivity contribution >= 4 is 5.95 Å². The maximum atomic E-state index is 5.95. The lowest BCUT2D eigenvalue weighted by Gasteiger charge is -2.39. The Balaban J connectivity index is 1.75. The van der Waals surface area contributed by atoms with Gasteiger partial charge >= 0.3 is 0 Å². The van der Waals surface area contributed by atoms with Gasteiger partial charge in [-0.25, -0.2) is 0 Å². The van der Waals surface area contributed by atoms with Crippen molar-refractivity contribution in [1.29, 1.82) is 0 Å². The summed E-state index contributed by atoms with van der Waals surface area (Å²) in [6.07, 6.45) is 8.80. The van der Waals surface area contributed by atoms with Crippen molar-refractivity contribution in [1.82, 2.24) is 15.2 Å². The zero-order valence-electron chi connectivity index (χ0n) is 13.5. The van der Waals surface area contributed by atoms with Gasteiger partial charge in [0.1, 0.15) is 5.82 Å². The quantitative estimate of drug-likeness (QED) is 0.898. The van der Waals surface area contributed by atoms with Crippen molar-refractivity contribution < 1.29 is 0 Å². The van der Waals surface area contributed by atoms with Crippen LogP contribution in [0, 0.1) is 5.41 Å². The van der Waals surface area contributed by atoms with Crippen LogP contribution < -0.4 is 10.6 Å². The third-order valence-electron chi connectivity index (χ3n) is 5.56. The SMILES string of the molecule is CC1(CN)CCCN(c2n[nH]c(C3(C)CCCCC3)n2)C1. The van der Waals surface area contributed by atoms with Crippen molar-refractivity contribution in [2.75, 3.05) is 24.5 Å². The molecule has 1 atom stereocenters. The number of anilines is 1. The zero-order valence-corrected chi connectivity index (χ0v) is 13.5. The standard InChI is InChI=1S/C16H29N5/c1-15(11-17)7-6-10-21(12-15)14-18-13(19-20-14)16(2)8-4-3-5-9-16/h3-12,17H2,1-2H3,(H,18,19,20). The first-order valence-electron chi connectivity index (χ1n) is 8.43. The minimum atomic E-state index is 0.191. The number of nitrogens with two attached hydrogens (primary N) is 1. The molecule has 5 nitrogen and oxygen atoms in total. The Hall–Kier alpha value is -1.10. The lowest BCUT2D eigenvalue weighted by Crippen LogP contribution is -2.46. The van der Waals surface area contributed by atoms with Crippen molar-refractivity contribution in [2.45, 2.75) is 64.2 Å². The lowest BCUT2D eigenvalue weighted by molar-refractivity contribution is 0.269. The number of hydrogen-bond acceptors (Lipinski definition) is 4. The van der Waals surface area contributed by atoms with E-state index >= 15 is 0 Å². The van der Waals surface area contributed by atoms with Gasteiger partial charge in [0, 0.05) is 18.5 Å². The molecule has 2 fully saturated rings. The Morgan fingerprint density at radius 3 is 2.62 bits per heavy atom. The van der Waals surface area contributed by atoms with E-state index in [2.05, 4.69) is 28.9 Å². The van der Waals surface area contributed by atoms with Gasteiger partial charge in [-0.1, -0.05) is 33.1 Å². The minimum Gasteiger partial charge on any atom is -0.339 e. The molecule has 1 aliphatic heterocycles. The average Bonchev–Trinajstić information content (AvgIpc) is 2.99. The van der Waals surface area contributed by atoms with Gasteiger partial charge in [-0.15, -0.1) is 5.10 Å². The summed E-state index contributed by atoms with van der Waals surface area (Å²) >= 11 is 0. The van der Waals surface area contributed by atoms with Crippen LogP contribution in [-0.2, 0) is 5.41 Å². The summed E-state index contributed by atoms with van der Waals surface area (Å²) in [7, 11) is 0. The van der Waals surface area contributed by atoms with Crippen molar-refractivity contribution in [2.24, 2.45) is 11.1 Å². The van der Waals surface area contributed by atoms with E-state index < -0.39 is 0 Å². The van der Waals surface area contributed by atoms with Crippen LogP contribution in [0.2, 0.25) is 0 Å². The Morgan fingerprint density at radius 1 is 1.14 bits per heavy atom. The topological polar surface area (TPSA) is 70.8 Å². The molecular formula is C16H29N5. The highest BCUT2D eigenvalue weighted by atomic mass is 15.4. The number of piperidine rings is 1. The van der Waals surface area contributed by atoms with Gasteiger partial charge in [0.15, 0.2) is 0 Å². The molecule has 21 heavy (non-hydrogen) atoms. The Morgan fingerprint density at radius 2 is 1.90 bits per heavy atom. The zero-order chi connectivity index (χ0) is 14.9. The normalized spacial score (nSPS) is 29.6. The smallest absolute Gasteiger partial charge is 0.244 e. The summed E-state index contributed by atoms with van der Waals surface area (Å²) in [5.41, 5.74) is 6.34. The number of nitrogens with zero attached hydrogens (tertiary/aromatic N) is 3. The van der Waals surface area contributed by atoms with Gasteiger partial charge in [-0.3, -0.25) is 5.10 Å². The lowest BCUT2D eigenvalue weighted by atomic mass is 9.75. The van der Waals surface area contributed by atoms with Crippen LogP contribution in [0.3, 0.4) is 0 Å². The van der Waals surface area contributed by atoms with Crippen LogP contribution in [0.1, 0.15) is 64.6 Å². The number of rotatable bonds is 3. The van der Waals surface area contributed by atoms with Crippen molar-refractivity contribution in [3.8, 4) is 0 Å². The fourth-order valence-corrected chi connectivity index (χ4v) is 3.89. The Bertz CT molecular complexity index is 477. The third-order valence-corrected chi connectivity index (χ3v) is 5.56. The molecule has 118 valence electrons.